The molecule has 3 heterocycles. The third-order valence-electron chi connectivity index (χ3n) is 4.12. The van der Waals surface area contributed by atoms with Crippen molar-refractivity contribution in [3.8, 4) is 0 Å². The Balaban J connectivity index is 1.64. The van der Waals surface area contributed by atoms with Gasteiger partial charge in [0.05, 0.1) is 24.2 Å². The van der Waals surface area contributed by atoms with Gasteiger partial charge in [0.2, 0.25) is 5.89 Å². The summed E-state index contributed by atoms with van der Waals surface area (Å²) in [6.45, 7) is 1.62. The number of nitrogens with two attached hydrogens (primary N) is 1. The topological polar surface area (TPSA) is 141 Å². The van der Waals surface area contributed by atoms with Crippen molar-refractivity contribution < 1.29 is 17.7 Å². The fourth-order valence-electron chi connectivity index (χ4n) is 2.60. The molecule has 0 saturated heterocycles. The molecule has 32 heavy (non-hydrogen) atoms. The number of allylic oxidation sites excluding steroid dienone is 1. The summed E-state index contributed by atoms with van der Waals surface area (Å²) < 4.78 is 38.1. The zero-order valence-corrected chi connectivity index (χ0v) is 16.7. The van der Waals surface area contributed by atoms with E-state index in [1.807, 2.05) is 0 Å². The van der Waals surface area contributed by atoms with Gasteiger partial charge < -0.3 is 14.7 Å². The highest BCUT2D eigenvalue weighted by atomic mass is 19.1. The second-order valence-corrected chi connectivity index (χ2v) is 6.42. The molecule has 0 aliphatic carbocycles. The van der Waals surface area contributed by atoms with Crippen LogP contribution in [-0.4, -0.2) is 31.0 Å². The fraction of sp³-hybridized carbons (Fsp3) is 0.100. The first-order valence-corrected chi connectivity index (χ1v) is 9.25. The number of hydrogen-bond acceptors (Lipinski definition) is 10. The predicted octanol–water partition coefficient (Wildman–Crippen LogP) is 3.17. The summed E-state index contributed by atoms with van der Waals surface area (Å²) in [6.07, 6.45) is 3.74. The number of anilines is 2. The Morgan fingerprint density at radius 3 is 2.75 bits per heavy atom. The molecule has 3 N–H and O–H groups in total. The molecule has 0 spiro atoms. The highest BCUT2D eigenvalue weighted by Gasteiger charge is 2.14. The van der Waals surface area contributed by atoms with Crippen LogP contribution in [0.25, 0.3) is 5.70 Å². The fourth-order valence-corrected chi connectivity index (χ4v) is 2.60. The van der Waals surface area contributed by atoms with E-state index in [1.165, 1.54) is 18.4 Å². The number of hydrogen-bond donors (Lipinski definition) is 2. The van der Waals surface area contributed by atoms with Gasteiger partial charge >= 0.3 is 6.01 Å². The lowest BCUT2D eigenvalue weighted by Crippen LogP contribution is -2.10. The van der Waals surface area contributed by atoms with Crippen molar-refractivity contribution in [3.05, 3.63) is 83.5 Å². The van der Waals surface area contributed by atoms with Crippen LogP contribution in [0.3, 0.4) is 0 Å². The minimum Gasteiger partial charge on any atom is -0.408 e. The molecule has 0 bridgehead atoms. The van der Waals surface area contributed by atoms with E-state index < -0.39 is 5.82 Å². The molecule has 0 amide bonds. The van der Waals surface area contributed by atoms with Crippen molar-refractivity contribution in [2.24, 2.45) is 10.7 Å². The summed E-state index contributed by atoms with van der Waals surface area (Å²) in [6, 6.07) is 7.79. The first kappa shape index (κ1) is 20.8. The van der Waals surface area contributed by atoms with Crippen LogP contribution in [-0.2, 0) is 6.54 Å². The summed E-state index contributed by atoms with van der Waals surface area (Å²) in [5.41, 5.74) is 7.25. The van der Waals surface area contributed by atoms with Gasteiger partial charge in [0.15, 0.2) is 17.5 Å². The first-order chi connectivity index (χ1) is 15.5. The second kappa shape index (κ2) is 9.12. The van der Waals surface area contributed by atoms with Gasteiger partial charge in [0.1, 0.15) is 17.8 Å². The van der Waals surface area contributed by atoms with Crippen molar-refractivity contribution >= 4 is 23.2 Å². The molecule has 0 radical (unpaired) electrons. The number of nitrogens with one attached hydrogen (secondary N) is 1. The minimum absolute atomic E-state index is 0.00669. The van der Waals surface area contributed by atoms with Crippen LogP contribution in [0.4, 0.5) is 20.6 Å². The van der Waals surface area contributed by atoms with Gasteiger partial charge in [0, 0.05) is 18.6 Å². The third-order valence-corrected chi connectivity index (χ3v) is 4.12. The number of aryl methyl sites for hydroxylation is 1. The predicted molar refractivity (Wildman–Crippen MR) is 110 cm³/mol. The van der Waals surface area contributed by atoms with Crippen molar-refractivity contribution in [1.29, 1.82) is 0 Å². The van der Waals surface area contributed by atoms with Crippen LogP contribution in [0.15, 0.2) is 62.8 Å². The molecule has 162 valence electrons. The SMILES string of the molecule is Cc1nnc(Nc2nc(C(N)=CC(=NCc3ccccc3F)c3ccon3)ncc2F)o1. The molecule has 3 aromatic heterocycles. The summed E-state index contributed by atoms with van der Waals surface area (Å²) in [5, 5.41) is 13.8. The molecule has 0 fully saturated rings. The zero-order valence-electron chi connectivity index (χ0n) is 16.7. The van der Waals surface area contributed by atoms with Crippen molar-refractivity contribution in [2.45, 2.75) is 13.5 Å². The summed E-state index contributed by atoms with van der Waals surface area (Å²) >= 11 is 0. The van der Waals surface area contributed by atoms with Crippen LogP contribution in [0.5, 0.6) is 0 Å². The van der Waals surface area contributed by atoms with E-state index in [-0.39, 0.29) is 35.7 Å². The number of aromatic nitrogens is 5. The molecule has 12 heteroatoms. The average Bonchev–Trinajstić information content (AvgIpc) is 3.45. The average molecular weight is 438 g/mol. The Morgan fingerprint density at radius 1 is 1.19 bits per heavy atom. The maximum absolute atomic E-state index is 14.1. The molecule has 4 rings (SSSR count). The molecule has 0 unspecified atom stereocenters. The summed E-state index contributed by atoms with van der Waals surface area (Å²) in [4.78, 5) is 12.4. The van der Waals surface area contributed by atoms with Gasteiger partial charge in [-0.05, 0) is 12.1 Å². The Morgan fingerprint density at radius 2 is 2.03 bits per heavy atom. The number of halogens is 2. The van der Waals surface area contributed by atoms with Crippen LogP contribution >= 0.6 is 0 Å². The van der Waals surface area contributed by atoms with Gasteiger partial charge in [-0.25, -0.2) is 18.7 Å². The molecular formula is C20H16F2N8O2. The van der Waals surface area contributed by atoms with E-state index in [4.69, 9.17) is 14.7 Å². The smallest absolute Gasteiger partial charge is 0.321 e. The summed E-state index contributed by atoms with van der Waals surface area (Å²) in [7, 11) is 0. The van der Waals surface area contributed by atoms with Gasteiger partial charge in [-0.1, -0.05) is 28.5 Å². The van der Waals surface area contributed by atoms with E-state index in [0.717, 1.165) is 6.20 Å². The number of benzene rings is 1. The highest BCUT2D eigenvalue weighted by molar-refractivity contribution is 6.10. The molecule has 10 nitrogen and oxygen atoms in total. The van der Waals surface area contributed by atoms with Crippen molar-refractivity contribution in [3.63, 3.8) is 0 Å². The molecule has 0 atom stereocenters. The Kier molecular flexibility index (Phi) is 5.92. The van der Waals surface area contributed by atoms with Gasteiger partial charge in [-0.15, -0.1) is 5.10 Å². The number of nitrogens with zero attached hydrogens (tertiary/aromatic N) is 6. The Bertz CT molecular complexity index is 1280. The molecule has 4 aromatic rings. The molecule has 0 aliphatic rings. The number of rotatable bonds is 7. The monoisotopic (exact) mass is 438 g/mol. The third kappa shape index (κ3) is 4.80. The molecule has 1 aromatic carbocycles. The van der Waals surface area contributed by atoms with Crippen molar-refractivity contribution in [2.75, 3.05) is 5.32 Å². The maximum Gasteiger partial charge on any atom is 0.321 e. The van der Waals surface area contributed by atoms with Gasteiger partial charge in [-0.2, -0.15) is 0 Å². The molecular weight excluding hydrogens is 422 g/mol. The largest absolute Gasteiger partial charge is 0.408 e. The number of aliphatic imine (C=N–C) groups is 1. The van der Waals surface area contributed by atoms with E-state index >= 15 is 0 Å². The highest BCUT2D eigenvalue weighted by Crippen LogP contribution is 2.18. The second-order valence-electron chi connectivity index (χ2n) is 6.42. The summed E-state index contributed by atoms with van der Waals surface area (Å²) in [5.74, 6) is -1.04. The lowest BCUT2D eigenvalue weighted by molar-refractivity contribution is 0.418. The Hall–Kier alpha value is -4.48. The van der Waals surface area contributed by atoms with Gasteiger partial charge in [0.25, 0.3) is 0 Å². The van der Waals surface area contributed by atoms with Crippen LogP contribution < -0.4 is 11.1 Å². The van der Waals surface area contributed by atoms with Crippen LogP contribution in [0.1, 0.15) is 23.0 Å². The minimum atomic E-state index is -0.748. The maximum atomic E-state index is 14.1. The van der Waals surface area contributed by atoms with Crippen LogP contribution in [0.2, 0.25) is 0 Å². The first-order valence-electron chi connectivity index (χ1n) is 9.25. The van der Waals surface area contributed by atoms with E-state index in [9.17, 15) is 8.78 Å². The zero-order chi connectivity index (χ0) is 22.5. The normalized spacial score (nSPS) is 12.2. The standard InChI is InChI=1S/C20H16F2N8O2/c1-11-28-29-20(32-11)27-18-14(22)10-25-19(26-18)15(23)8-17(16-6-7-31-30-16)24-9-12-4-2-3-5-13(12)21/h2-8,10H,9,23H2,1H3,(H,25,26,27,29). The van der Waals surface area contributed by atoms with E-state index in [2.05, 4.69) is 35.6 Å². The van der Waals surface area contributed by atoms with Crippen LogP contribution in [0, 0.1) is 18.6 Å². The van der Waals surface area contributed by atoms with E-state index in [0.29, 0.717) is 22.9 Å². The lowest BCUT2D eigenvalue weighted by atomic mass is 10.2. The lowest BCUT2D eigenvalue weighted by Gasteiger charge is -2.06. The molecule has 0 saturated carbocycles. The quantitative estimate of drug-likeness (QED) is 0.416. The van der Waals surface area contributed by atoms with E-state index in [1.54, 1.807) is 31.2 Å². The van der Waals surface area contributed by atoms with Gasteiger partial charge in [-0.3, -0.25) is 10.3 Å². The van der Waals surface area contributed by atoms with Crippen molar-refractivity contribution in [1.82, 2.24) is 25.3 Å². The molecule has 0 aliphatic heterocycles. The Labute approximate surface area is 179 Å².